The molecular weight excluding hydrogens is 360 g/mol. The molecule has 0 saturated carbocycles. The molecule has 0 aliphatic heterocycles. The molecule has 0 aliphatic rings. The van der Waals surface area contributed by atoms with E-state index in [1.807, 2.05) is 31.2 Å². The number of phenols is 1. The molecule has 0 aromatic heterocycles. The highest BCUT2D eigenvalue weighted by Crippen LogP contribution is 2.39. The first-order chi connectivity index (χ1) is 13.3. The summed E-state index contributed by atoms with van der Waals surface area (Å²) in [5, 5.41) is 25.3. The largest absolute Gasteiger partial charge is 0.508 e. The van der Waals surface area contributed by atoms with Gasteiger partial charge >= 0.3 is 0 Å². The van der Waals surface area contributed by atoms with Crippen LogP contribution in [-0.4, -0.2) is 18.3 Å². The molecule has 0 heterocycles. The molecule has 3 aromatic rings. The zero-order valence-electron chi connectivity index (χ0n) is 17.2. The van der Waals surface area contributed by atoms with Crippen LogP contribution in [0.3, 0.4) is 0 Å². The van der Waals surface area contributed by atoms with Gasteiger partial charge < -0.3 is 10.2 Å². The molecule has 0 amide bonds. The van der Waals surface area contributed by atoms with E-state index < -0.39 is 14.2 Å². The van der Waals surface area contributed by atoms with E-state index >= 15 is 0 Å². The van der Waals surface area contributed by atoms with E-state index in [1.54, 1.807) is 6.07 Å². The van der Waals surface area contributed by atoms with Crippen LogP contribution in [0.2, 0.25) is 5.04 Å². The van der Waals surface area contributed by atoms with Crippen LogP contribution in [0.15, 0.2) is 78.9 Å². The number of phenolic OH excluding ortho intramolecular Hbond substituents is 1. The molecule has 2 nitrogen and oxygen atoms in total. The Bertz CT molecular complexity index is 875. The lowest BCUT2D eigenvalue weighted by molar-refractivity contribution is 0.174. The van der Waals surface area contributed by atoms with Crippen molar-refractivity contribution in [2.75, 3.05) is 0 Å². The zero-order chi connectivity index (χ0) is 20.4. The maximum atomic E-state index is 11.2. The smallest absolute Gasteiger partial charge is 0.158 e. The molecule has 0 spiro atoms. The monoisotopic (exact) mass is 390 g/mol. The summed E-state index contributed by atoms with van der Waals surface area (Å²) in [5.41, 5.74) is 0.844. The molecule has 146 valence electrons. The summed E-state index contributed by atoms with van der Waals surface area (Å²) >= 11 is 0. The summed E-state index contributed by atoms with van der Waals surface area (Å²) in [4.78, 5) is 0. The molecule has 0 saturated heterocycles. The van der Waals surface area contributed by atoms with Crippen molar-refractivity contribution in [2.24, 2.45) is 0 Å². The SMILES string of the molecule is CCC(O)c1cccc(O)c1[Si](c1ccccc1)(c1ccccc1)C(C)(C)C. The fourth-order valence-corrected chi connectivity index (χ4v) is 10.5. The molecule has 1 atom stereocenters. The number of hydrogen-bond acceptors (Lipinski definition) is 2. The van der Waals surface area contributed by atoms with Crippen LogP contribution >= 0.6 is 0 Å². The first kappa shape index (κ1) is 20.4. The van der Waals surface area contributed by atoms with Crippen LogP contribution in [0.4, 0.5) is 0 Å². The van der Waals surface area contributed by atoms with Gasteiger partial charge in [-0.2, -0.15) is 0 Å². The lowest BCUT2D eigenvalue weighted by Crippen LogP contribution is -2.73. The quantitative estimate of drug-likeness (QED) is 0.508. The molecular formula is C25H30O2Si. The van der Waals surface area contributed by atoms with Crippen LogP contribution in [0, 0.1) is 0 Å². The topological polar surface area (TPSA) is 40.5 Å². The van der Waals surface area contributed by atoms with E-state index in [0.29, 0.717) is 6.42 Å². The van der Waals surface area contributed by atoms with Crippen LogP contribution in [-0.2, 0) is 0 Å². The van der Waals surface area contributed by atoms with Crippen molar-refractivity contribution in [3.63, 3.8) is 0 Å². The molecule has 3 rings (SSSR count). The normalized spacial score (nSPS) is 13.3. The number of aliphatic hydroxyl groups excluding tert-OH is 1. The molecule has 0 fully saturated rings. The van der Waals surface area contributed by atoms with E-state index in [1.165, 1.54) is 10.4 Å². The van der Waals surface area contributed by atoms with E-state index in [9.17, 15) is 10.2 Å². The van der Waals surface area contributed by atoms with E-state index in [2.05, 4.69) is 69.3 Å². The van der Waals surface area contributed by atoms with Crippen LogP contribution in [0.5, 0.6) is 5.75 Å². The molecule has 3 heteroatoms. The average Bonchev–Trinajstić information content (AvgIpc) is 2.69. The standard InChI is InChI=1S/C25H30O2Si/c1-5-22(26)21-17-12-18-23(27)24(21)28(25(2,3)4,19-13-8-6-9-14-19)20-15-10-7-11-16-20/h6-18,22,26-27H,5H2,1-4H3. The van der Waals surface area contributed by atoms with Gasteiger partial charge in [0.15, 0.2) is 8.07 Å². The Morgan fingerprint density at radius 2 is 1.29 bits per heavy atom. The summed E-state index contributed by atoms with van der Waals surface area (Å²) < 4.78 is 0. The summed E-state index contributed by atoms with van der Waals surface area (Å²) in [6, 6.07) is 26.6. The fourth-order valence-electron chi connectivity index (χ4n) is 4.54. The molecule has 3 aromatic carbocycles. The minimum Gasteiger partial charge on any atom is -0.508 e. The van der Waals surface area contributed by atoms with Crippen LogP contribution < -0.4 is 15.6 Å². The summed E-state index contributed by atoms with van der Waals surface area (Å²) in [5.74, 6) is 0.277. The Labute approximate surface area is 169 Å². The predicted octanol–water partition coefficient (Wildman–Crippen LogP) is 4.11. The third kappa shape index (κ3) is 3.29. The third-order valence-corrected chi connectivity index (χ3v) is 11.7. The van der Waals surface area contributed by atoms with Gasteiger partial charge in [-0.1, -0.05) is 100 Å². The number of aliphatic hydroxyl groups is 1. The number of hydrogen-bond donors (Lipinski definition) is 2. The van der Waals surface area contributed by atoms with Gasteiger partial charge in [-0.15, -0.1) is 0 Å². The average molecular weight is 391 g/mol. The van der Waals surface area contributed by atoms with E-state index in [-0.39, 0.29) is 10.8 Å². The van der Waals surface area contributed by atoms with Crippen molar-refractivity contribution < 1.29 is 10.2 Å². The molecule has 1 unspecified atom stereocenters. The maximum Gasteiger partial charge on any atom is 0.158 e. The van der Waals surface area contributed by atoms with Crippen molar-refractivity contribution in [3.05, 3.63) is 84.4 Å². The summed E-state index contributed by atoms with van der Waals surface area (Å²) in [7, 11) is -2.70. The highest BCUT2D eigenvalue weighted by atomic mass is 28.3. The van der Waals surface area contributed by atoms with Crippen LogP contribution in [0.25, 0.3) is 0 Å². The fraction of sp³-hybridized carbons (Fsp3) is 0.280. The first-order valence-electron chi connectivity index (χ1n) is 9.95. The molecule has 2 N–H and O–H groups in total. The molecule has 0 radical (unpaired) electrons. The highest BCUT2D eigenvalue weighted by Gasteiger charge is 2.51. The van der Waals surface area contributed by atoms with E-state index in [4.69, 9.17) is 0 Å². The molecule has 28 heavy (non-hydrogen) atoms. The number of aromatic hydroxyl groups is 1. The second-order valence-electron chi connectivity index (χ2n) is 8.40. The number of rotatable bonds is 5. The first-order valence-corrected chi connectivity index (χ1v) is 12.0. The zero-order valence-corrected chi connectivity index (χ0v) is 18.2. The Morgan fingerprint density at radius 1 is 0.786 bits per heavy atom. The summed E-state index contributed by atoms with van der Waals surface area (Å²) in [6.45, 7) is 8.75. The number of benzene rings is 3. The Balaban J connectivity index is 2.53. The minimum atomic E-state index is -2.70. The lowest BCUT2D eigenvalue weighted by atomic mass is 10.1. The molecule has 0 aliphatic carbocycles. The maximum absolute atomic E-state index is 11.2. The van der Waals surface area contributed by atoms with E-state index in [0.717, 1.165) is 10.8 Å². The Morgan fingerprint density at radius 3 is 1.71 bits per heavy atom. The highest BCUT2D eigenvalue weighted by molar-refractivity contribution is 7.13. The Hall–Kier alpha value is -2.36. The second kappa shape index (κ2) is 7.94. The Kier molecular flexibility index (Phi) is 5.78. The van der Waals surface area contributed by atoms with Gasteiger partial charge in [-0.3, -0.25) is 0 Å². The van der Waals surface area contributed by atoms with Gasteiger partial charge in [0.2, 0.25) is 0 Å². The van der Waals surface area contributed by atoms with Crippen molar-refractivity contribution in [1.29, 1.82) is 0 Å². The lowest BCUT2D eigenvalue weighted by Gasteiger charge is -2.46. The van der Waals surface area contributed by atoms with Gasteiger partial charge in [0.05, 0.1) is 6.10 Å². The van der Waals surface area contributed by atoms with Crippen molar-refractivity contribution >= 4 is 23.6 Å². The minimum absolute atomic E-state index is 0.142. The predicted molar refractivity (Wildman–Crippen MR) is 121 cm³/mol. The van der Waals surface area contributed by atoms with Crippen LogP contribution in [0.1, 0.15) is 45.8 Å². The van der Waals surface area contributed by atoms with Gasteiger partial charge in [0.25, 0.3) is 0 Å². The third-order valence-electron chi connectivity index (χ3n) is 5.73. The van der Waals surface area contributed by atoms with Gasteiger partial charge in [0, 0.05) is 0 Å². The summed E-state index contributed by atoms with van der Waals surface area (Å²) in [6.07, 6.45) is -0.00183. The molecule has 0 bridgehead atoms. The van der Waals surface area contributed by atoms with Gasteiger partial charge in [-0.05, 0) is 38.6 Å². The van der Waals surface area contributed by atoms with Crippen molar-refractivity contribution in [2.45, 2.75) is 45.3 Å². The van der Waals surface area contributed by atoms with Gasteiger partial charge in [0.1, 0.15) is 5.75 Å². The van der Waals surface area contributed by atoms with Crippen molar-refractivity contribution in [1.82, 2.24) is 0 Å². The van der Waals surface area contributed by atoms with Crippen molar-refractivity contribution in [3.8, 4) is 5.75 Å². The second-order valence-corrected chi connectivity index (χ2v) is 13.1. The van der Waals surface area contributed by atoms with Gasteiger partial charge in [-0.25, -0.2) is 0 Å².